The fraction of sp³-hybridized carbons (Fsp3) is 0.500. The quantitative estimate of drug-likeness (QED) is 0.507. The maximum atomic E-state index is 2.63. The molecule has 14 heavy (non-hydrogen) atoms. The van der Waals surface area contributed by atoms with E-state index in [0.29, 0.717) is 11.3 Å². The zero-order chi connectivity index (χ0) is 9.97. The van der Waals surface area contributed by atoms with E-state index in [1.807, 2.05) is 0 Å². The standard InChI is InChI=1S/C12H18NP/c1-3-13(4-2)14-11-7-5-6-8-12(14)10-9-11/h5-12H,3-4H2,1-2H3. The normalized spacial score (nSPS) is 34.1. The molecule has 2 aliphatic rings. The summed E-state index contributed by atoms with van der Waals surface area (Å²) in [7, 11) is -0.0247. The lowest BCUT2D eigenvalue weighted by Gasteiger charge is -2.33. The molecule has 76 valence electrons. The Labute approximate surface area is 88.0 Å². The molecule has 0 aromatic carbocycles. The van der Waals surface area contributed by atoms with Crippen molar-refractivity contribution in [1.82, 2.24) is 4.67 Å². The average Bonchev–Trinajstić information content (AvgIpc) is 2.43. The van der Waals surface area contributed by atoms with Crippen LogP contribution in [0.3, 0.4) is 0 Å². The summed E-state index contributed by atoms with van der Waals surface area (Å²) in [6, 6.07) is 0. The number of fused-ring (bicyclic) bond motifs is 2. The van der Waals surface area contributed by atoms with Gasteiger partial charge >= 0.3 is 0 Å². The molecule has 1 nitrogen and oxygen atoms in total. The van der Waals surface area contributed by atoms with Crippen LogP contribution in [0, 0.1) is 0 Å². The van der Waals surface area contributed by atoms with E-state index in [1.54, 1.807) is 0 Å². The zero-order valence-corrected chi connectivity index (χ0v) is 9.82. The van der Waals surface area contributed by atoms with E-state index in [9.17, 15) is 0 Å². The van der Waals surface area contributed by atoms with E-state index in [4.69, 9.17) is 0 Å². The Morgan fingerprint density at radius 1 is 0.929 bits per heavy atom. The fourth-order valence-corrected chi connectivity index (χ4v) is 5.10. The minimum atomic E-state index is -0.0247. The number of rotatable bonds is 3. The van der Waals surface area contributed by atoms with Gasteiger partial charge in [-0.1, -0.05) is 50.3 Å². The number of hydrogen-bond acceptors (Lipinski definition) is 1. The van der Waals surface area contributed by atoms with Gasteiger partial charge in [-0.15, -0.1) is 0 Å². The lowest BCUT2D eigenvalue weighted by molar-refractivity contribution is 0.504. The van der Waals surface area contributed by atoms with Gasteiger partial charge in [0, 0.05) is 11.3 Å². The second-order valence-electron chi connectivity index (χ2n) is 3.65. The Morgan fingerprint density at radius 3 is 1.86 bits per heavy atom. The average molecular weight is 207 g/mol. The summed E-state index contributed by atoms with van der Waals surface area (Å²) < 4.78 is 2.63. The molecule has 0 amide bonds. The molecule has 0 spiro atoms. The van der Waals surface area contributed by atoms with Crippen molar-refractivity contribution in [3.8, 4) is 0 Å². The summed E-state index contributed by atoms with van der Waals surface area (Å²) in [6.07, 6.45) is 13.9. The molecule has 0 fully saturated rings. The highest BCUT2D eigenvalue weighted by Crippen LogP contribution is 2.56. The predicted octanol–water partition coefficient (Wildman–Crippen LogP) is 3.16. The van der Waals surface area contributed by atoms with Gasteiger partial charge < -0.3 is 0 Å². The van der Waals surface area contributed by atoms with Crippen molar-refractivity contribution in [3.63, 3.8) is 0 Å². The Hall–Kier alpha value is -0.390. The highest BCUT2D eigenvalue weighted by molar-refractivity contribution is 7.58. The molecule has 2 aliphatic heterocycles. The maximum Gasteiger partial charge on any atom is 0.0295 e. The molecular weight excluding hydrogens is 189 g/mol. The Balaban J connectivity index is 2.20. The van der Waals surface area contributed by atoms with Crippen molar-refractivity contribution in [2.45, 2.75) is 25.2 Å². The largest absolute Gasteiger partial charge is 0.281 e. The van der Waals surface area contributed by atoms with Crippen molar-refractivity contribution in [2.24, 2.45) is 0 Å². The number of hydrogen-bond donors (Lipinski definition) is 0. The van der Waals surface area contributed by atoms with E-state index < -0.39 is 0 Å². The third kappa shape index (κ3) is 1.71. The van der Waals surface area contributed by atoms with Crippen molar-refractivity contribution in [3.05, 3.63) is 36.5 Å². The van der Waals surface area contributed by atoms with Crippen molar-refractivity contribution in [2.75, 3.05) is 13.1 Å². The van der Waals surface area contributed by atoms with Gasteiger partial charge in [-0.05, 0) is 21.2 Å². The van der Waals surface area contributed by atoms with Gasteiger partial charge in [-0.2, -0.15) is 0 Å². The zero-order valence-electron chi connectivity index (χ0n) is 8.93. The Kier molecular flexibility index (Phi) is 3.20. The number of allylic oxidation sites excluding steroid dienone is 6. The van der Waals surface area contributed by atoms with Crippen molar-refractivity contribution >= 4 is 8.07 Å². The van der Waals surface area contributed by atoms with Crippen molar-refractivity contribution < 1.29 is 0 Å². The van der Waals surface area contributed by atoms with E-state index in [1.165, 1.54) is 13.1 Å². The van der Waals surface area contributed by atoms with Gasteiger partial charge in [0.1, 0.15) is 0 Å². The van der Waals surface area contributed by atoms with Crippen LogP contribution in [0.5, 0.6) is 0 Å². The lowest BCUT2D eigenvalue weighted by atomic mass is 10.2. The van der Waals surface area contributed by atoms with Gasteiger partial charge in [0.05, 0.1) is 0 Å². The number of nitrogens with zero attached hydrogens (tertiary/aromatic N) is 1. The summed E-state index contributed by atoms with van der Waals surface area (Å²) in [5, 5.41) is 0. The van der Waals surface area contributed by atoms with Gasteiger partial charge in [0.25, 0.3) is 0 Å². The monoisotopic (exact) mass is 207 g/mol. The van der Waals surface area contributed by atoms with E-state index in [2.05, 4.69) is 55.0 Å². The van der Waals surface area contributed by atoms with Crippen LogP contribution in [0.15, 0.2) is 36.5 Å². The first-order chi connectivity index (χ1) is 6.86. The molecule has 2 unspecified atom stereocenters. The highest BCUT2D eigenvalue weighted by atomic mass is 31.1. The molecule has 2 bridgehead atoms. The molecule has 2 heterocycles. The van der Waals surface area contributed by atoms with Gasteiger partial charge in [0.2, 0.25) is 0 Å². The molecule has 0 radical (unpaired) electrons. The highest BCUT2D eigenvalue weighted by Gasteiger charge is 2.32. The summed E-state index contributed by atoms with van der Waals surface area (Å²) in [4.78, 5) is 0. The second kappa shape index (κ2) is 4.42. The first-order valence-corrected chi connectivity index (χ1v) is 6.86. The van der Waals surface area contributed by atoms with Crippen LogP contribution >= 0.6 is 8.07 Å². The second-order valence-corrected chi connectivity index (χ2v) is 6.17. The molecular formula is C12H18NP. The third-order valence-corrected chi connectivity index (χ3v) is 6.03. The minimum absolute atomic E-state index is 0.0247. The summed E-state index contributed by atoms with van der Waals surface area (Å²) in [5.41, 5.74) is 1.37. The molecule has 0 aliphatic carbocycles. The third-order valence-electron chi connectivity index (χ3n) is 2.90. The van der Waals surface area contributed by atoms with Crippen LogP contribution in [0.2, 0.25) is 0 Å². The Bertz CT molecular complexity index is 254. The first kappa shape index (κ1) is 10.1. The van der Waals surface area contributed by atoms with Gasteiger partial charge in [-0.25, -0.2) is 0 Å². The molecule has 2 atom stereocenters. The fourth-order valence-electron chi connectivity index (χ4n) is 2.19. The molecule has 0 saturated carbocycles. The summed E-state index contributed by atoms with van der Waals surface area (Å²) >= 11 is 0. The SMILES string of the molecule is CCN(CC)P1C2C=CC=CC1C=C2. The van der Waals surface area contributed by atoms with Crippen LogP contribution < -0.4 is 0 Å². The minimum Gasteiger partial charge on any atom is -0.281 e. The van der Waals surface area contributed by atoms with Crippen LogP contribution in [-0.2, 0) is 0 Å². The maximum absolute atomic E-state index is 2.63. The van der Waals surface area contributed by atoms with Crippen LogP contribution in [-0.4, -0.2) is 29.1 Å². The topological polar surface area (TPSA) is 3.24 Å². The molecule has 2 rings (SSSR count). The Morgan fingerprint density at radius 2 is 1.43 bits per heavy atom. The van der Waals surface area contributed by atoms with Gasteiger partial charge in [0.15, 0.2) is 0 Å². The molecule has 0 aromatic rings. The van der Waals surface area contributed by atoms with E-state index in [0.717, 1.165) is 0 Å². The molecule has 2 heteroatoms. The molecule has 0 saturated heterocycles. The predicted molar refractivity (Wildman–Crippen MR) is 64.8 cm³/mol. The molecule has 0 aromatic heterocycles. The lowest BCUT2D eigenvalue weighted by Crippen LogP contribution is -2.23. The smallest absolute Gasteiger partial charge is 0.0295 e. The van der Waals surface area contributed by atoms with Crippen LogP contribution in [0.1, 0.15) is 13.8 Å². The van der Waals surface area contributed by atoms with Crippen molar-refractivity contribution in [1.29, 1.82) is 0 Å². The van der Waals surface area contributed by atoms with Crippen LogP contribution in [0.25, 0.3) is 0 Å². The first-order valence-electron chi connectivity index (χ1n) is 5.43. The van der Waals surface area contributed by atoms with Crippen LogP contribution in [0.4, 0.5) is 0 Å². The van der Waals surface area contributed by atoms with E-state index in [-0.39, 0.29) is 8.07 Å². The summed E-state index contributed by atoms with van der Waals surface area (Å²) in [5.74, 6) is 0. The van der Waals surface area contributed by atoms with E-state index >= 15 is 0 Å². The molecule has 0 N–H and O–H groups in total. The van der Waals surface area contributed by atoms with Gasteiger partial charge in [-0.3, -0.25) is 4.67 Å². The summed E-state index contributed by atoms with van der Waals surface area (Å²) in [6.45, 7) is 6.89.